The summed E-state index contributed by atoms with van der Waals surface area (Å²) >= 11 is 3.22. The monoisotopic (exact) mass is 557 g/mol. The molecule has 8 heteroatoms. The molecule has 0 saturated heterocycles. The van der Waals surface area contributed by atoms with E-state index in [1.807, 2.05) is 59.4 Å². The third kappa shape index (κ3) is 5.43. The molecular formula is C28H36BrN3O4. The molecule has 0 unspecified atom stereocenters. The lowest BCUT2D eigenvalue weighted by Crippen LogP contribution is -2.31. The first-order valence-electron chi connectivity index (χ1n) is 12.1. The maximum atomic E-state index is 13.6. The highest BCUT2D eigenvalue weighted by atomic mass is 79.9. The molecule has 3 rings (SSSR count). The molecule has 1 aliphatic rings. The van der Waals surface area contributed by atoms with Gasteiger partial charge in [-0.25, -0.2) is 0 Å². The van der Waals surface area contributed by atoms with E-state index in [2.05, 4.69) is 25.5 Å². The van der Waals surface area contributed by atoms with E-state index < -0.39 is 0 Å². The fraction of sp³-hybridized carbons (Fsp3) is 0.464. The highest BCUT2D eigenvalue weighted by molar-refractivity contribution is 9.08. The SMILES string of the molecule is CCOc1cc2c(cc1C(=O)NC)/C(=N/Br)N(CC(=O)c1cc(C(C)(C)C)c(O)c(C(C)(C)C)c1)C2. The van der Waals surface area contributed by atoms with Crippen molar-refractivity contribution in [2.75, 3.05) is 20.2 Å². The van der Waals surface area contributed by atoms with Crippen molar-refractivity contribution in [2.24, 2.45) is 4.02 Å². The zero-order chi connectivity index (χ0) is 27.0. The van der Waals surface area contributed by atoms with Crippen LogP contribution in [0.2, 0.25) is 0 Å². The first kappa shape index (κ1) is 27.7. The van der Waals surface area contributed by atoms with Gasteiger partial charge in [-0.2, -0.15) is 4.02 Å². The number of amides is 1. The molecule has 2 aromatic carbocycles. The Kier molecular flexibility index (Phi) is 7.89. The van der Waals surface area contributed by atoms with Crippen LogP contribution in [-0.2, 0) is 17.4 Å². The van der Waals surface area contributed by atoms with Gasteiger partial charge in [0, 0.05) is 35.8 Å². The van der Waals surface area contributed by atoms with Gasteiger partial charge < -0.3 is 20.1 Å². The number of Topliss-reactive ketones (excluding diaryl/α,β-unsaturated/α-hetero) is 1. The van der Waals surface area contributed by atoms with Crippen LogP contribution in [0.3, 0.4) is 0 Å². The predicted octanol–water partition coefficient (Wildman–Crippen LogP) is 5.50. The Morgan fingerprint density at radius 2 is 1.67 bits per heavy atom. The number of nitrogens with one attached hydrogen (secondary N) is 1. The van der Waals surface area contributed by atoms with Crippen LogP contribution in [-0.4, -0.2) is 47.7 Å². The topological polar surface area (TPSA) is 91.2 Å². The lowest BCUT2D eigenvalue weighted by atomic mass is 9.78. The number of phenolic OH excluding ortho intramolecular Hbond substituents is 1. The van der Waals surface area contributed by atoms with E-state index in [1.165, 1.54) is 0 Å². The molecule has 2 N–H and O–H groups in total. The van der Waals surface area contributed by atoms with Gasteiger partial charge in [-0.1, -0.05) is 41.5 Å². The van der Waals surface area contributed by atoms with Crippen molar-refractivity contribution in [3.63, 3.8) is 0 Å². The molecule has 0 spiro atoms. The van der Waals surface area contributed by atoms with Gasteiger partial charge in [0.25, 0.3) is 5.91 Å². The Labute approximate surface area is 222 Å². The summed E-state index contributed by atoms with van der Waals surface area (Å²) in [4.78, 5) is 27.9. The smallest absolute Gasteiger partial charge is 0.254 e. The summed E-state index contributed by atoms with van der Waals surface area (Å²) in [5, 5.41) is 13.7. The molecule has 1 heterocycles. The number of ether oxygens (including phenoxy) is 1. The van der Waals surface area contributed by atoms with Crippen LogP contribution >= 0.6 is 16.1 Å². The second-order valence-corrected chi connectivity index (χ2v) is 11.5. The third-order valence-electron chi connectivity index (χ3n) is 6.34. The quantitative estimate of drug-likeness (QED) is 0.457. The number of amidine groups is 1. The lowest BCUT2D eigenvalue weighted by molar-refractivity contribution is 0.0953. The Morgan fingerprint density at radius 3 is 2.14 bits per heavy atom. The molecule has 0 bridgehead atoms. The van der Waals surface area contributed by atoms with Gasteiger partial charge in [-0.3, -0.25) is 9.59 Å². The Bertz CT molecular complexity index is 1190. The molecule has 0 atom stereocenters. The second kappa shape index (κ2) is 10.2. The van der Waals surface area contributed by atoms with Crippen LogP contribution in [0, 0.1) is 0 Å². The number of nitrogens with zero attached hydrogens (tertiary/aromatic N) is 2. The van der Waals surface area contributed by atoms with Gasteiger partial charge >= 0.3 is 0 Å². The minimum Gasteiger partial charge on any atom is -0.507 e. The zero-order valence-corrected chi connectivity index (χ0v) is 24.0. The Morgan fingerprint density at radius 1 is 1.08 bits per heavy atom. The molecule has 2 aromatic rings. The predicted molar refractivity (Wildman–Crippen MR) is 147 cm³/mol. The molecule has 36 heavy (non-hydrogen) atoms. The molecular weight excluding hydrogens is 522 g/mol. The van der Waals surface area contributed by atoms with Crippen LogP contribution in [0.4, 0.5) is 0 Å². The fourth-order valence-electron chi connectivity index (χ4n) is 4.43. The number of phenols is 1. The molecule has 0 radical (unpaired) electrons. The number of hydrogen-bond donors (Lipinski definition) is 2. The molecule has 1 aliphatic heterocycles. The molecule has 7 nitrogen and oxygen atoms in total. The van der Waals surface area contributed by atoms with Crippen molar-refractivity contribution in [3.05, 3.63) is 57.6 Å². The van der Waals surface area contributed by atoms with Crippen LogP contribution < -0.4 is 10.1 Å². The highest BCUT2D eigenvalue weighted by Gasteiger charge is 2.32. The summed E-state index contributed by atoms with van der Waals surface area (Å²) in [6, 6.07) is 7.22. The van der Waals surface area contributed by atoms with E-state index in [1.54, 1.807) is 25.2 Å². The first-order chi connectivity index (χ1) is 16.7. The van der Waals surface area contributed by atoms with Gasteiger partial charge in [-0.15, -0.1) is 0 Å². The van der Waals surface area contributed by atoms with E-state index in [-0.39, 0.29) is 34.8 Å². The molecule has 0 saturated carbocycles. The van der Waals surface area contributed by atoms with Gasteiger partial charge in [0.2, 0.25) is 0 Å². The molecule has 0 fully saturated rings. The number of rotatable bonds is 6. The maximum Gasteiger partial charge on any atom is 0.254 e. The largest absolute Gasteiger partial charge is 0.507 e. The summed E-state index contributed by atoms with van der Waals surface area (Å²) in [5.74, 6) is 0.994. The third-order valence-corrected chi connectivity index (χ3v) is 6.68. The van der Waals surface area contributed by atoms with E-state index in [4.69, 9.17) is 4.74 Å². The van der Waals surface area contributed by atoms with Gasteiger partial charge in [-0.05, 0) is 47.6 Å². The normalized spacial score (nSPS) is 14.7. The summed E-state index contributed by atoms with van der Waals surface area (Å²) in [7, 11) is 1.57. The summed E-state index contributed by atoms with van der Waals surface area (Å²) < 4.78 is 10.00. The summed E-state index contributed by atoms with van der Waals surface area (Å²) in [6.45, 7) is 15.0. The van der Waals surface area contributed by atoms with Crippen molar-refractivity contribution in [2.45, 2.75) is 65.8 Å². The fourth-order valence-corrected chi connectivity index (χ4v) is 4.85. The summed E-state index contributed by atoms with van der Waals surface area (Å²) in [6.07, 6.45) is 0. The number of aromatic hydroxyl groups is 1. The van der Waals surface area contributed by atoms with Crippen molar-refractivity contribution < 1.29 is 19.4 Å². The number of ketones is 1. The average molecular weight is 559 g/mol. The van der Waals surface area contributed by atoms with Crippen LogP contribution in [0.1, 0.15) is 91.4 Å². The Hall–Kier alpha value is -2.87. The van der Waals surface area contributed by atoms with Gasteiger partial charge in [0.1, 0.15) is 17.3 Å². The zero-order valence-electron chi connectivity index (χ0n) is 22.4. The van der Waals surface area contributed by atoms with E-state index >= 15 is 0 Å². The van der Waals surface area contributed by atoms with Crippen molar-refractivity contribution >= 4 is 33.7 Å². The Balaban J connectivity index is 2.00. The number of fused-ring (bicyclic) bond motifs is 1. The molecule has 194 valence electrons. The average Bonchev–Trinajstić information content (AvgIpc) is 3.12. The van der Waals surface area contributed by atoms with Crippen molar-refractivity contribution in [3.8, 4) is 11.5 Å². The van der Waals surface area contributed by atoms with E-state index in [0.29, 0.717) is 35.9 Å². The molecule has 0 aromatic heterocycles. The highest BCUT2D eigenvalue weighted by Crippen LogP contribution is 2.40. The van der Waals surface area contributed by atoms with Crippen molar-refractivity contribution in [1.82, 2.24) is 10.2 Å². The second-order valence-electron chi connectivity index (χ2n) is 11.1. The molecule has 0 aliphatic carbocycles. The number of halogens is 1. The number of carbonyl (C=O) groups excluding carboxylic acids is 2. The van der Waals surface area contributed by atoms with Gasteiger partial charge in [0.15, 0.2) is 5.78 Å². The molecule has 1 amide bonds. The van der Waals surface area contributed by atoms with Crippen molar-refractivity contribution in [1.29, 1.82) is 0 Å². The standard InChI is InChI=1S/C28H36BrN3O4/c1-9-36-23-12-17-14-32(25(31-29)18(17)13-19(23)26(35)30-8)15-22(33)16-10-20(27(2,3)4)24(34)21(11-16)28(5,6)7/h10-13,34H,9,14-15H2,1-8H3,(H,30,35)/b31-25-. The van der Waals surface area contributed by atoms with E-state index in [0.717, 1.165) is 22.3 Å². The minimum atomic E-state index is -0.335. The van der Waals surface area contributed by atoms with Gasteiger partial charge in [0.05, 0.1) is 34.9 Å². The van der Waals surface area contributed by atoms with Crippen LogP contribution in [0.25, 0.3) is 0 Å². The number of hydrogen-bond acceptors (Lipinski definition) is 5. The minimum absolute atomic E-state index is 0.0796. The van der Waals surface area contributed by atoms with Crippen LogP contribution in [0.15, 0.2) is 28.3 Å². The number of carbonyl (C=O) groups is 2. The van der Waals surface area contributed by atoms with E-state index in [9.17, 15) is 14.7 Å². The maximum absolute atomic E-state index is 13.6. The summed E-state index contributed by atoms with van der Waals surface area (Å²) in [5.41, 5.74) is 3.49. The lowest BCUT2D eigenvalue weighted by Gasteiger charge is -2.28. The number of benzene rings is 2. The van der Waals surface area contributed by atoms with Crippen LogP contribution in [0.5, 0.6) is 11.5 Å². The first-order valence-corrected chi connectivity index (χ1v) is 12.8.